The highest BCUT2D eigenvalue weighted by molar-refractivity contribution is 5.90. The Morgan fingerprint density at radius 3 is 1.68 bits per heavy atom. The van der Waals surface area contributed by atoms with Gasteiger partial charge in [0, 0.05) is 14.2 Å². The van der Waals surface area contributed by atoms with Gasteiger partial charge in [-0.05, 0) is 36.4 Å². The lowest BCUT2D eigenvalue weighted by Crippen LogP contribution is -2.46. The van der Waals surface area contributed by atoms with Crippen LogP contribution in [0.3, 0.4) is 0 Å². The lowest BCUT2D eigenvalue weighted by atomic mass is 10.1. The molecule has 0 aliphatic carbocycles. The molecule has 3 aromatic carbocycles. The lowest BCUT2D eigenvalue weighted by Gasteiger charge is -2.27. The molecule has 0 bridgehead atoms. The number of carbonyl (C=O) groups excluding carboxylic acids is 3. The van der Waals surface area contributed by atoms with Crippen LogP contribution in [0.1, 0.15) is 31.1 Å². The molecule has 1 heterocycles. The number of hydrogen-bond donors (Lipinski definition) is 0. The zero-order valence-electron chi connectivity index (χ0n) is 20.9. The zero-order chi connectivity index (χ0) is 26.9. The minimum atomic E-state index is -1.11. The van der Waals surface area contributed by atoms with E-state index in [9.17, 15) is 14.4 Å². The van der Waals surface area contributed by atoms with Crippen molar-refractivity contribution in [1.29, 1.82) is 0 Å². The van der Waals surface area contributed by atoms with Crippen molar-refractivity contribution >= 4 is 17.9 Å². The number of rotatable bonds is 10. The summed E-state index contributed by atoms with van der Waals surface area (Å²) in [6, 6.07) is 25.2. The van der Waals surface area contributed by atoms with Crippen LogP contribution < -0.4 is 0 Å². The molecule has 4 rings (SSSR count). The Morgan fingerprint density at radius 1 is 0.684 bits per heavy atom. The molecule has 0 aromatic heterocycles. The third-order valence-electron chi connectivity index (χ3n) is 5.99. The van der Waals surface area contributed by atoms with E-state index in [0.717, 1.165) is 0 Å². The van der Waals surface area contributed by atoms with Gasteiger partial charge in [0.1, 0.15) is 18.8 Å². The smallest absolute Gasteiger partial charge is 0.338 e. The molecule has 0 N–H and O–H groups in total. The van der Waals surface area contributed by atoms with E-state index in [4.69, 9.17) is 28.4 Å². The van der Waals surface area contributed by atoms with Crippen molar-refractivity contribution in [2.45, 2.75) is 30.7 Å². The van der Waals surface area contributed by atoms with Crippen molar-refractivity contribution < 1.29 is 42.8 Å². The average molecular weight is 521 g/mol. The minimum Gasteiger partial charge on any atom is -0.458 e. The summed E-state index contributed by atoms with van der Waals surface area (Å²) < 4.78 is 34.0. The molecule has 9 heteroatoms. The molecule has 3 aromatic rings. The Kier molecular flexibility index (Phi) is 9.21. The first-order valence-electron chi connectivity index (χ1n) is 12.0. The summed E-state index contributed by atoms with van der Waals surface area (Å²) in [6.45, 7) is -0.341. The van der Waals surface area contributed by atoms with E-state index >= 15 is 0 Å². The summed E-state index contributed by atoms with van der Waals surface area (Å²) >= 11 is 0. The maximum absolute atomic E-state index is 12.9. The third-order valence-corrected chi connectivity index (χ3v) is 5.99. The third kappa shape index (κ3) is 6.44. The monoisotopic (exact) mass is 520 g/mol. The maximum atomic E-state index is 12.9. The second-order valence-corrected chi connectivity index (χ2v) is 8.42. The van der Waals surface area contributed by atoms with Crippen LogP contribution in [0, 0.1) is 0 Å². The molecule has 0 spiro atoms. The largest absolute Gasteiger partial charge is 0.458 e. The molecule has 1 aliphatic heterocycles. The average Bonchev–Trinajstić information content (AvgIpc) is 3.33. The second-order valence-electron chi connectivity index (χ2n) is 8.42. The number of methoxy groups -OCH3 is 2. The highest BCUT2D eigenvalue weighted by Crippen LogP contribution is 2.31. The van der Waals surface area contributed by atoms with Crippen molar-refractivity contribution in [3.05, 3.63) is 108 Å². The standard InChI is InChI=1S/C29H28O9/c1-33-24-23(38-29(34-2)25(24)37-28(32)21-16-10-5-11-17-21)22(36-27(31)20-14-8-4-9-15-20)18-35-26(30)19-12-6-3-7-13-19/h3-17,22-25,29H,18H2,1-2H3/t22-,23+,24+,25-,29-/m1/s1. The van der Waals surface area contributed by atoms with Gasteiger partial charge in [-0.2, -0.15) is 0 Å². The first kappa shape index (κ1) is 27.0. The van der Waals surface area contributed by atoms with Crippen LogP contribution in [0.2, 0.25) is 0 Å². The van der Waals surface area contributed by atoms with Crippen LogP contribution in [-0.2, 0) is 28.4 Å². The summed E-state index contributed by atoms with van der Waals surface area (Å²) in [7, 11) is 2.80. The van der Waals surface area contributed by atoms with Crippen molar-refractivity contribution in [2.24, 2.45) is 0 Å². The molecule has 0 radical (unpaired) electrons. The van der Waals surface area contributed by atoms with Gasteiger partial charge in [0.25, 0.3) is 0 Å². The summed E-state index contributed by atoms with van der Waals surface area (Å²) in [5.41, 5.74) is 0.972. The van der Waals surface area contributed by atoms with Gasteiger partial charge in [0.2, 0.25) is 0 Å². The Morgan fingerprint density at radius 2 is 1.18 bits per heavy atom. The Balaban J connectivity index is 1.56. The molecule has 0 unspecified atom stereocenters. The molecule has 9 nitrogen and oxygen atoms in total. The second kappa shape index (κ2) is 13.0. The summed E-state index contributed by atoms with van der Waals surface area (Å²) in [6.07, 6.45) is -5.03. The van der Waals surface area contributed by atoms with E-state index in [-0.39, 0.29) is 6.61 Å². The zero-order valence-corrected chi connectivity index (χ0v) is 20.9. The van der Waals surface area contributed by atoms with E-state index in [0.29, 0.717) is 16.7 Å². The predicted molar refractivity (Wildman–Crippen MR) is 134 cm³/mol. The highest BCUT2D eigenvalue weighted by Gasteiger charge is 2.52. The number of benzene rings is 3. The number of carbonyl (C=O) groups is 3. The fraction of sp³-hybridized carbons (Fsp3) is 0.276. The van der Waals surface area contributed by atoms with Gasteiger partial charge in [0.15, 0.2) is 18.5 Å². The fourth-order valence-corrected chi connectivity index (χ4v) is 4.09. The van der Waals surface area contributed by atoms with Crippen molar-refractivity contribution in [1.82, 2.24) is 0 Å². The van der Waals surface area contributed by atoms with Crippen LogP contribution in [0.15, 0.2) is 91.0 Å². The Bertz CT molecular complexity index is 1200. The SMILES string of the molecule is CO[C@@H]1O[C@@H]([C@@H](COC(=O)c2ccccc2)OC(=O)c2ccccc2)[C@H](OC)[C@H]1OC(=O)c1ccccc1. The van der Waals surface area contributed by atoms with Crippen LogP contribution in [0.4, 0.5) is 0 Å². The molecule has 1 aliphatic rings. The van der Waals surface area contributed by atoms with Gasteiger partial charge in [-0.3, -0.25) is 0 Å². The Hall–Kier alpha value is -4.05. The number of ether oxygens (including phenoxy) is 6. The van der Waals surface area contributed by atoms with E-state index in [1.165, 1.54) is 14.2 Å². The molecule has 198 valence electrons. The topological polar surface area (TPSA) is 107 Å². The molecular formula is C29H28O9. The van der Waals surface area contributed by atoms with Gasteiger partial charge >= 0.3 is 17.9 Å². The van der Waals surface area contributed by atoms with Crippen molar-refractivity contribution in [3.63, 3.8) is 0 Å². The van der Waals surface area contributed by atoms with Gasteiger partial charge in [0.05, 0.1) is 16.7 Å². The van der Waals surface area contributed by atoms with Crippen molar-refractivity contribution in [2.75, 3.05) is 20.8 Å². The highest BCUT2D eigenvalue weighted by atomic mass is 16.7. The molecule has 1 fully saturated rings. The molecule has 1 saturated heterocycles. The maximum Gasteiger partial charge on any atom is 0.338 e. The lowest BCUT2D eigenvalue weighted by molar-refractivity contribution is -0.168. The minimum absolute atomic E-state index is 0.300. The van der Waals surface area contributed by atoms with E-state index in [1.54, 1.807) is 91.0 Å². The van der Waals surface area contributed by atoms with E-state index in [2.05, 4.69) is 0 Å². The van der Waals surface area contributed by atoms with Gasteiger partial charge in [-0.25, -0.2) is 14.4 Å². The van der Waals surface area contributed by atoms with E-state index in [1.807, 2.05) is 0 Å². The number of esters is 3. The Labute approximate surface area is 220 Å². The van der Waals surface area contributed by atoms with Crippen LogP contribution in [-0.4, -0.2) is 69.4 Å². The van der Waals surface area contributed by atoms with Gasteiger partial charge in [-0.1, -0.05) is 54.6 Å². The molecule has 38 heavy (non-hydrogen) atoms. The van der Waals surface area contributed by atoms with Crippen molar-refractivity contribution in [3.8, 4) is 0 Å². The number of hydrogen-bond acceptors (Lipinski definition) is 9. The summed E-state index contributed by atoms with van der Waals surface area (Å²) in [5.74, 6) is -1.85. The summed E-state index contributed by atoms with van der Waals surface area (Å²) in [5, 5.41) is 0. The first-order chi connectivity index (χ1) is 18.5. The molecular weight excluding hydrogens is 492 g/mol. The van der Waals surface area contributed by atoms with Crippen LogP contribution >= 0.6 is 0 Å². The predicted octanol–water partition coefficient (Wildman–Crippen LogP) is 3.68. The normalized spacial score (nSPS) is 21.3. The molecule has 0 saturated carbocycles. The molecule has 5 atom stereocenters. The fourth-order valence-electron chi connectivity index (χ4n) is 4.09. The van der Waals surface area contributed by atoms with Gasteiger partial charge < -0.3 is 28.4 Å². The van der Waals surface area contributed by atoms with Gasteiger partial charge in [-0.15, -0.1) is 0 Å². The van der Waals surface area contributed by atoms with Crippen LogP contribution in [0.5, 0.6) is 0 Å². The molecule has 0 amide bonds. The first-order valence-corrected chi connectivity index (χ1v) is 12.0. The van der Waals surface area contributed by atoms with Crippen LogP contribution in [0.25, 0.3) is 0 Å². The van der Waals surface area contributed by atoms with E-state index < -0.39 is 48.6 Å². The quantitative estimate of drug-likeness (QED) is 0.292. The summed E-state index contributed by atoms with van der Waals surface area (Å²) in [4.78, 5) is 38.4.